The number of aliphatic hydroxyl groups excluding tert-OH is 1. The van der Waals surface area contributed by atoms with Crippen LogP contribution in [0.15, 0.2) is 76.8 Å². The minimum absolute atomic E-state index is 0. The molecule has 0 bridgehead atoms. The number of carbonyl (C=O) groups excluding carboxylic acids is 1. The van der Waals surface area contributed by atoms with Crippen LogP contribution in [0.5, 0.6) is 11.5 Å². The van der Waals surface area contributed by atoms with Crippen molar-refractivity contribution in [3.8, 4) is 11.5 Å². The standard InChI is InChI=1S/C29H30F2N2O6S.2H2/c1-3-5-22(17-27(35)28(13-14-28)21-9-12-25-26(16-21)39-29(30,31)38-25)32-19(2)20-7-10-24(11-8-20)40(36,37)33-15-4-6-23(33)18-34;;/h3,5,7-12,16,23,34H,1,4,6,13-15,17-18H2,2H3;2*1H/b22-5-,32-19?;;/t23-;;/m1../s1. The number of sulfonamides is 1. The van der Waals surface area contributed by atoms with Crippen molar-refractivity contribution in [3.05, 3.63) is 78.0 Å². The summed E-state index contributed by atoms with van der Waals surface area (Å²) in [5, 5.41) is 9.53. The average Bonchev–Trinajstić information content (AvgIpc) is 3.46. The van der Waals surface area contributed by atoms with Crippen LogP contribution in [0, 0.1) is 0 Å². The zero-order valence-electron chi connectivity index (χ0n) is 22.0. The molecule has 3 aliphatic rings. The second-order valence-electron chi connectivity index (χ2n) is 10.2. The molecule has 1 saturated heterocycles. The highest BCUT2D eigenvalue weighted by molar-refractivity contribution is 7.89. The van der Waals surface area contributed by atoms with Gasteiger partial charge >= 0.3 is 6.29 Å². The lowest BCUT2D eigenvalue weighted by Gasteiger charge is -2.22. The number of ketones is 1. The quantitative estimate of drug-likeness (QED) is 0.307. The molecule has 2 fully saturated rings. The Morgan fingerprint density at radius 2 is 1.90 bits per heavy atom. The van der Waals surface area contributed by atoms with Gasteiger partial charge in [0.25, 0.3) is 0 Å². The smallest absolute Gasteiger partial charge is 0.395 e. The second-order valence-corrected chi connectivity index (χ2v) is 12.1. The van der Waals surface area contributed by atoms with Gasteiger partial charge in [0.1, 0.15) is 5.78 Å². The average molecular weight is 577 g/mol. The monoisotopic (exact) mass is 576 g/mol. The van der Waals surface area contributed by atoms with Gasteiger partial charge in [0.05, 0.1) is 16.9 Å². The van der Waals surface area contributed by atoms with Crippen molar-refractivity contribution < 1.29 is 39.4 Å². The Bertz CT molecular complexity index is 1510. The van der Waals surface area contributed by atoms with E-state index in [0.717, 1.165) is 0 Å². The summed E-state index contributed by atoms with van der Waals surface area (Å²) in [6, 6.07) is 10.4. The number of Topliss-reactive ketones (excluding diaryl/α,β-unsaturated/α-hetero) is 1. The number of nitrogens with zero attached hydrogens (tertiary/aromatic N) is 2. The maximum absolute atomic E-state index is 13.5. The van der Waals surface area contributed by atoms with E-state index < -0.39 is 27.8 Å². The van der Waals surface area contributed by atoms with Crippen molar-refractivity contribution in [2.24, 2.45) is 4.99 Å². The highest BCUT2D eigenvalue weighted by Gasteiger charge is 2.52. The molecule has 2 aromatic rings. The summed E-state index contributed by atoms with van der Waals surface area (Å²) in [6.07, 6.45) is 1.93. The molecule has 1 atom stereocenters. The Morgan fingerprint density at radius 3 is 2.55 bits per heavy atom. The molecule has 8 nitrogen and oxygen atoms in total. The largest absolute Gasteiger partial charge is 0.586 e. The summed E-state index contributed by atoms with van der Waals surface area (Å²) in [7, 11) is -3.73. The third kappa shape index (κ3) is 5.33. The zero-order chi connectivity index (χ0) is 28.7. The summed E-state index contributed by atoms with van der Waals surface area (Å²) in [6.45, 7) is 5.64. The normalized spacial score (nSPS) is 21.9. The van der Waals surface area contributed by atoms with Gasteiger partial charge in [-0.3, -0.25) is 9.79 Å². The molecule has 0 unspecified atom stereocenters. The minimum atomic E-state index is -3.73. The molecule has 2 heterocycles. The summed E-state index contributed by atoms with van der Waals surface area (Å²) in [4.78, 5) is 18.2. The fourth-order valence-corrected chi connectivity index (χ4v) is 6.98. The number of aliphatic hydroxyl groups is 1. The van der Waals surface area contributed by atoms with Gasteiger partial charge in [-0.2, -0.15) is 4.31 Å². The predicted molar refractivity (Wildman–Crippen MR) is 148 cm³/mol. The Kier molecular flexibility index (Phi) is 7.41. The van der Waals surface area contributed by atoms with Crippen molar-refractivity contribution in [3.63, 3.8) is 0 Å². The lowest BCUT2D eigenvalue weighted by atomic mass is 9.88. The minimum Gasteiger partial charge on any atom is -0.395 e. The van der Waals surface area contributed by atoms with Gasteiger partial charge in [0, 0.05) is 33.3 Å². The fourth-order valence-electron chi connectivity index (χ4n) is 5.30. The predicted octanol–water partition coefficient (Wildman–Crippen LogP) is 5.22. The topological polar surface area (TPSA) is 106 Å². The lowest BCUT2D eigenvalue weighted by Crippen LogP contribution is -2.37. The summed E-state index contributed by atoms with van der Waals surface area (Å²) < 4.78 is 63.4. The van der Waals surface area contributed by atoms with E-state index in [4.69, 9.17) is 0 Å². The number of ether oxygens (including phenoxy) is 2. The molecule has 0 aromatic heterocycles. The molecule has 1 saturated carbocycles. The molecule has 216 valence electrons. The number of rotatable bonds is 10. The number of carbonyl (C=O) groups is 1. The Hall–Kier alpha value is -3.41. The maximum Gasteiger partial charge on any atom is 0.586 e. The number of aliphatic imine (C=N–C) groups is 1. The van der Waals surface area contributed by atoms with Crippen molar-refractivity contribution in [2.45, 2.75) is 61.7 Å². The summed E-state index contributed by atoms with van der Waals surface area (Å²) in [5.74, 6) is -0.274. The van der Waals surface area contributed by atoms with Crippen LogP contribution in [-0.2, 0) is 20.2 Å². The molecular weight excluding hydrogens is 542 g/mol. The number of alkyl halides is 2. The third-order valence-corrected chi connectivity index (χ3v) is 9.58. The van der Waals surface area contributed by atoms with Crippen LogP contribution in [-0.4, -0.2) is 54.8 Å². The van der Waals surface area contributed by atoms with E-state index in [-0.39, 0.29) is 38.1 Å². The van der Waals surface area contributed by atoms with Crippen LogP contribution in [0.25, 0.3) is 0 Å². The molecule has 0 spiro atoms. The van der Waals surface area contributed by atoms with Crippen LogP contribution in [0.3, 0.4) is 0 Å². The number of fused-ring (bicyclic) bond motifs is 1. The molecular formula is C29H34F2N2O6S. The highest BCUT2D eigenvalue weighted by Crippen LogP contribution is 2.53. The van der Waals surface area contributed by atoms with Crippen LogP contribution >= 0.6 is 0 Å². The van der Waals surface area contributed by atoms with Gasteiger partial charge in [-0.25, -0.2) is 8.42 Å². The van der Waals surface area contributed by atoms with Crippen LogP contribution in [0.1, 0.15) is 53.0 Å². The molecule has 5 rings (SSSR count). The Balaban J connectivity index is 0.00000242. The maximum atomic E-state index is 13.5. The summed E-state index contributed by atoms with van der Waals surface area (Å²) in [5.41, 5.74) is 1.51. The fraction of sp³-hybridized carbons (Fsp3) is 0.379. The van der Waals surface area contributed by atoms with Gasteiger partial charge in [-0.15, -0.1) is 8.78 Å². The van der Waals surface area contributed by atoms with Crippen LogP contribution < -0.4 is 9.47 Å². The SMILES string of the molecule is C=C/C=C(/CC(=O)C1(c2ccc3c(c2)OC(F)(F)O3)CC1)N=C(C)c1ccc(S(=O)(=O)N2CCC[C@@H]2CO)cc1.[HH].[HH]. The Morgan fingerprint density at radius 1 is 1.20 bits per heavy atom. The van der Waals surface area contributed by atoms with Crippen molar-refractivity contribution in [2.75, 3.05) is 13.2 Å². The molecule has 1 aliphatic carbocycles. The van der Waals surface area contributed by atoms with Gasteiger partial charge < -0.3 is 14.6 Å². The summed E-state index contributed by atoms with van der Waals surface area (Å²) >= 11 is 0. The van der Waals surface area contributed by atoms with Gasteiger partial charge in [0.2, 0.25) is 10.0 Å². The first-order valence-electron chi connectivity index (χ1n) is 13.0. The molecule has 1 N–H and O–H groups in total. The number of hydrogen-bond acceptors (Lipinski definition) is 7. The van der Waals surface area contributed by atoms with E-state index in [0.29, 0.717) is 54.8 Å². The van der Waals surface area contributed by atoms with E-state index in [1.165, 1.54) is 34.6 Å². The molecule has 2 aliphatic heterocycles. The van der Waals surface area contributed by atoms with Gasteiger partial charge in [-0.05, 0) is 74.1 Å². The van der Waals surface area contributed by atoms with E-state index >= 15 is 0 Å². The number of allylic oxidation sites excluding steroid dienone is 3. The van der Waals surface area contributed by atoms with E-state index in [9.17, 15) is 27.1 Å². The van der Waals surface area contributed by atoms with Crippen LogP contribution in [0.2, 0.25) is 0 Å². The molecule has 0 amide bonds. The van der Waals surface area contributed by atoms with Gasteiger partial charge in [0.15, 0.2) is 11.5 Å². The van der Waals surface area contributed by atoms with E-state index in [1.54, 1.807) is 31.2 Å². The lowest BCUT2D eigenvalue weighted by molar-refractivity contribution is -0.286. The number of hydrogen-bond donors (Lipinski definition) is 1. The Labute approximate surface area is 234 Å². The third-order valence-electron chi connectivity index (χ3n) is 7.61. The van der Waals surface area contributed by atoms with Crippen molar-refractivity contribution in [1.29, 1.82) is 0 Å². The van der Waals surface area contributed by atoms with E-state index in [2.05, 4.69) is 21.0 Å². The zero-order valence-corrected chi connectivity index (χ0v) is 22.8. The molecule has 11 heteroatoms. The number of halogens is 2. The van der Waals surface area contributed by atoms with E-state index in [1.807, 2.05) is 0 Å². The first-order chi connectivity index (χ1) is 19.0. The van der Waals surface area contributed by atoms with Crippen LogP contribution in [0.4, 0.5) is 8.78 Å². The first kappa shape index (κ1) is 28.1. The highest BCUT2D eigenvalue weighted by atomic mass is 32.2. The van der Waals surface area contributed by atoms with Crippen molar-refractivity contribution >= 4 is 21.5 Å². The molecule has 2 aromatic carbocycles. The van der Waals surface area contributed by atoms with Gasteiger partial charge in [-0.1, -0.05) is 30.9 Å². The first-order valence-corrected chi connectivity index (χ1v) is 14.5. The van der Waals surface area contributed by atoms with Crippen molar-refractivity contribution in [1.82, 2.24) is 4.31 Å². The number of benzene rings is 2. The second kappa shape index (κ2) is 10.5. The molecule has 0 radical (unpaired) electrons. The molecule has 40 heavy (non-hydrogen) atoms.